The molecule has 2 aromatic rings. The molecule has 0 fully saturated rings. The number of aryl methyl sites for hydroxylation is 1. The van der Waals surface area contributed by atoms with Gasteiger partial charge in [0.2, 0.25) is 11.6 Å². The minimum Gasteiger partial charge on any atom is -0.493 e. The van der Waals surface area contributed by atoms with E-state index in [4.69, 9.17) is 18.9 Å². The van der Waals surface area contributed by atoms with Crippen LogP contribution in [0.3, 0.4) is 0 Å². The first-order chi connectivity index (χ1) is 14.3. The Labute approximate surface area is 172 Å². The molecule has 0 unspecified atom stereocenters. The third kappa shape index (κ3) is 4.72. The first-order valence-electron chi connectivity index (χ1n) is 8.95. The second kappa shape index (κ2) is 8.60. The fourth-order valence-electron chi connectivity index (χ4n) is 2.78. The highest BCUT2D eigenvalue weighted by Gasteiger charge is 2.25. The number of rotatable bonds is 5. The van der Waals surface area contributed by atoms with E-state index in [-0.39, 0.29) is 28.8 Å². The number of methoxy groups -OCH3 is 1. The van der Waals surface area contributed by atoms with Crippen LogP contribution in [0.25, 0.3) is 6.08 Å². The topological polar surface area (TPSA) is 100 Å². The van der Waals surface area contributed by atoms with Crippen molar-refractivity contribution in [2.45, 2.75) is 20.8 Å². The minimum atomic E-state index is -0.622. The van der Waals surface area contributed by atoms with E-state index in [1.165, 1.54) is 39.2 Å². The van der Waals surface area contributed by atoms with Gasteiger partial charge in [-0.05, 0) is 42.8 Å². The van der Waals surface area contributed by atoms with Gasteiger partial charge in [0.15, 0.2) is 17.2 Å². The van der Waals surface area contributed by atoms with Crippen LogP contribution in [0.4, 0.5) is 0 Å². The Bertz CT molecular complexity index is 1100. The van der Waals surface area contributed by atoms with E-state index in [0.717, 1.165) is 5.56 Å². The molecule has 2 aromatic carbocycles. The lowest BCUT2D eigenvalue weighted by atomic mass is 10.1. The Morgan fingerprint density at radius 3 is 2.37 bits per heavy atom. The van der Waals surface area contributed by atoms with E-state index in [9.17, 15) is 14.4 Å². The summed E-state index contributed by atoms with van der Waals surface area (Å²) in [5.74, 6) is -1.58. The summed E-state index contributed by atoms with van der Waals surface area (Å²) in [6, 6.07) is 10.4. The molecule has 0 N–H and O–H groups in total. The molecule has 1 aliphatic rings. The zero-order valence-corrected chi connectivity index (χ0v) is 16.8. The van der Waals surface area contributed by atoms with Gasteiger partial charge in [-0.15, -0.1) is 0 Å². The molecular weight excluding hydrogens is 390 g/mol. The van der Waals surface area contributed by atoms with Crippen LogP contribution in [-0.4, -0.2) is 30.9 Å². The Morgan fingerprint density at radius 1 is 1.03 bits per heavy atom. The molecule has 0 amide bonds. The third-order valence-electron chi connectivity index (χ3n) is 3.95. The minimum absolute atomic E-state index is 0.0295. The molecule has 1 heterocycles. The van der Waals surface area contributed by atoms with Gasteiger partial charge in [0, 0.05) is 19.4 Å². The van der Waals surface area contributed by atoms with E-state index in [2.05, 4.69) is 4.99 Å². The number of cyclic esters (lactones) is 1. The lowest BCUT2D eigenvalue weighted by Gasteiger charge is -2.13. The number of hydrogen-bond acceptors (Lipinski definition) is 8. The maximum absolute atomic E-state index is 12.3. The molecule has 1 aliphatic heterocycles. The number of hydrogen-bond donors (Lipinski definition) is 0. The van der Waals surface area contributed by atoms with Gasteiger partial charge in [-0.1, -0.05) is 17.7 Å². The highest BCUT2D eigenvalue weighted by molar-refractivity contribution is 6.13. The lowest BCUT2D eigenvalue weighted by molar-refractivity contribution is -0.134. The zero-order valence-electron chi connectivity index (χ0n) is 16.8. The molecule has 0 atom stereocenters. The van der Waals surface area contributed by atoms with Gasteiger partial charge in [0.1, 0.15) is 0 Å². The van der Waals surface area contributed by atoms with E-state index in [1.807, 2.05) is 25.1 Å². The molecule has 0 saturated carbocycles. The predicted octanol–water partition coefficient (Wildman–Crippen LogP) is 3.20. The van der Waals surface area contributed by atoms with Crippen molar-refractivity contribution in [1.82, 2.24) is 0 Å². The van der Waals surface area contributed by atoms with Crippen molar-refractivity contribution in [3.05, 3.63) is 58.8 Å². The largest absolute Gasteiger partial charge is 0.493 e. The van der Waals surface area contributed by atoms with Crippen molar-refractivity contribution < 1.29 is 33.3 Å². The first-order valence-corrected chi connectivity index (χ1v) is 8.95. The van der Waals surface area contributed by atoms with Gasteiger partial charge in [0.25, 0.3) is 0 Å². The summed E-state index contributed by atoms with van der Waals surface area (Å²) in [6.07, 6.45) is 1.46. The van der Waals surface area contributed by atoms with Crippen molar-refractivity contribution in [1.29, 1.82) is 0 Å². The summed E-state index contributed by atoms with van der Waals surface area (Å²) >= 11 is 0. The van der Waals surface area contributed by atoms with Crippen molar-refractivity contribution in [2.24, 2.45) is 4.99 Å². The van der Waals surface area contributed by atoms with Crippen LogP contribution >= 0.6 is 0 Å². The van der Waals surface area contributed by atoms with Gasteiger partial charge < -0.3 is 18.9 Å². The van der Waals surface area contributed by atoms with Gasteiger partial charge in [-0.25, -0.2) is 9.79 Å². The van der Waals surface area contributed by atoms with Crippen LogP contribution in [-0.2, 0) is 19.1 Å². The molecule has 0 aromatic heterocycles. The number of esters is 3. The number of aliphatic imine (C=N–C) groups is 1. The molecule has 0 aliphatic carbocycles. The van der Waals surface area contributed by atoms with Gasteiger partial charge in [0.05, 0.1) is 7.11 Å². The quantitative estimate of drug-likeness (QED) is 0.425. The number of carbonyl (C=O) groups excluding carboxylic acids is 3. The number of carbonyl (C=O) groups is 3. The summed E-state index contributed by atoms with van der Waals surface area (Å²) in [5, 5.41) is 0. The van der Waals surface area contributed by atoms with Gasteiger partial charge in [-0.3, -0.25) is 9.59 Å². The van der Waals surface area contributed by atoms with Gasteiger partial charge in [-0.2, -0.15) is 0 Å². The SMILES string of the molecule is COc1cc(/C=C2\N=C(c3cccc(C)c3)OC2=O)cc(OC(C)=O)c1OC(C)=O. The molecular formula is C22H19NO7. The Kier molecular flexibility index (Phi) is 5.96. The fraction of sp³-hybridized carbons (Fsp3) is 0.182. The lowest BCUT2D eigenvalue weighted by Crippen LogP contribution is -2.08. The predicted molar refractivity (Wildman–Crippen MR) is 107 cm³/mol. The fourth-order valence-corrected chi connectivity index (χ4v) is 2.78. The van der Waals surface area contributed by atoms with Crippen molar-refractivity contribution in [2.75, 3.05) is 7.11 Å². The Morgan fingerprint density at radius 2 is 1.73 bits per heavy atom. The summed E-state index contributed by atoms with van der Waals surface area (Å²) in [7, 11) is 1.37. The van der Waals surface area contributed by atoms with Crippen molar-refractivity contribution in [3.63, 3.8) is 0 Å². The summed E-state index contributed by atoms with van der Waals surface area (Å²) < 4.78 is 20.8. The second-order valence-corrected chi connectivity index (χ2v) is 6.44. The Hall–Kier alpha value is -3.94. The average molecular weight is 409 g/mol. The molecule has 0 bridgehead atoms. The number of ether oxygens (including phenoxy) is 4. The molecule has 0 saturated heterocycles. The molecule has 30 heavy (non-hydrogen) atoms. The van der Waals surface area contributed by atoms with Gasteiger partial charge >= 0.3 is 17.9 Å². The second-order valence-electron chi connectivity index (χ2n) is 6.44. The normalized spacial score (nSPS) is 14.2. The van der Waals surface area contributed by atoms with Crippen LogP contribution in [0, 0.1) is 6.92 Å². The monoisotopic (exact) mass is 409 g/mol. The highest BCUT2D eigenvalue weighted by Crippen LogP contribution is 2.40. The van der Waals surface area contributed by atoms with Crippen molar-refractivity contribution in [3.8, 4) is 17.2 Å². The standard InChI is InChI=1S/C22H19NO7/c1-12-6-5-7-16(8-12)21-23-17(22(26)30-21)9-15-10-18(27-4)20(29-14(3)25)19(11-15)28-13(2)24/h5-11H,1-4H3/b17-9-. The molecule has 0 radical (unpaired) electrons. The van der Waals surface area contributed by atoms with E-state index >= 15 is 0 Å². The zero-order chi connectivity index (χ0) is 21.8. The molecule has 8 heteroatoms. The third-order valence-corrected chi connectivity index (χ3v) is 3.95. The van der Waals surface area contributed by atoms with E-state index in [0.29, 0.717) is 11.1 Å². The smallest absolute Gasteiger partial charge is 0.363 e. The maximum Gasteiger partial charge on any atom is 0.363 e. The molecule has 0 spiro atoms. The van der Waals surface area contributed by atoms with Crippen LogP contribution < -0.4 is 14.2 Å². The van der Waals surface area contributed by atoms with Crippen LogP contribution in [0.1, 0.15) is 30.5 Å². The van der Waals surface area contributed by atoms with Crippen LogP contribution in [0.15, 0.2) is 47.1 Å². The Balaban J connectivity index is 2.04. The van der Waals surface area contributed by atoms with Crippen LogP contribution in [0.2, 0.25) is 0 Å². The molecule has 8 nitrogen and oxygen atoms in total. The molecule has 154 valence electrons. The average Bonchev–Trinajstić information content (AvgIpc) is 3.03. The van der Waals surface area contributed by atoms with Crippen LogP contribution in [0.5, 0.6) is 17.2 Å². The maximum atomic E-state index is 12.3. The summed E-state index contributed by atoms with van der Waals surface area (Å²) in [6.45, 7) is 4.34. The molecule has 3 rings (SSSR count). The van der Waals surface area contributed by atoms with E-state index in [1.54, 1.807) is 6.07 Å². The summed E-state index contributed by atoms with van der Waals surface area (Å²) in [4.78, 5) is 39.4. The van der Waals surface area contributed by atoms with Crippen molar-refractivity contribution >= 4 is 29.9 Å². The highest BCUT2D eigenvalue weighted by atomic mass is 16.6. The van der Waals surface area contributed by atoms with E-state index < -0.39 is 17.9 Å². The first kappa shape index (κ1) is 20.8. The number of nitrogens with zero attached hydrogens (tertiary/aromatic N) is 1. The summed E-state index contributed by atoms with van der Waals surface area (Å²) in [5.41, 5.74) is 2.17. The number of benzene rings is 2.